The van der Waals surface area contributed by atoms with Gasteiger partial charge >= 0.3 is 11.6 Å². The van der Waals surface area contributed by atoms with Crippen LogP contribution in [0, 0.1) is 6.92 Å². The van der Waals surface area contributed by atoms with Crippen LogP contribution in [-0.4, -0.2) is 19.7 Å². The van der Waals surface area contributed by atoms with Crippen LogP contribution in [-0.2, 0) is 4.74 Å². The molecule has 3 rings (SSSR count). The number of carbonyl (C=O) groups excluding carboxylic acids is 1. The van der Waals surface area contributed by atoms with Crippen LogP contribution in [0.15, 0.2) is 44.5 Å². The van der Waals surface area contributed by atoms with E-state index in [2.05, 4.69) is 11.3 Å². The minimum atomic E-state index is -0.641. The number of benzene rings is 1. The van der Waals surface area contributed by atoms with E-state index < -0.39 is 11.6 Å². The molecule has 0 unspecified atom stereocenters. The van der Waals surface area contributed by atoms with Crippen molar-refractivity contribution >= 4 is 27.9 Å². The second-order valence-corrected chi connectivity index (χ2v) is 4.90. The minimum Gasteiger partial charge on any atom is -0.489 e. The Hall–Kier alpha value is -3.02. The summed E-state index contributed by atoms with van der Waals surface area (Å²) in [5.41, 5.74) is 0.429. The van der Waals surface area contributed by atoms with Gasteiger partial charge in [0.2, 0.25) is 5.76 Å². The largest absolute Gasteiger partial charge is 0.489 e. The normalized spacial score (nSPS) is 10.9. The number of aryl methyl sites for hydroxylation is 1. The second kappa shape index (κ2) is 5.64. The number of ether oxygens (including phenoxy) is 2. The Kier molecular flexibility index (Phi) is 3.65. The van der Waals surface area contributed by atoms with E-state index in [0.717, 1.165) is 0 Å². The molecule has 0 N–H and O–H groups in total. The quantitative estimate of drug-likeness (QED) is 0.418. The number of hydrogen-bond donors (Lipinski definition) is 0. The molecule has 0 bridgehead atoms. The molecule has 23 heavy (non-hydrogen) atoms. The van der Waals surface area contributed by atoms with Gasteiger partial charge in [-0.25, -0.2) is 9.59 Å². The topological polar surface area (TPSA) is 78.9 Å². The zero-order chi connectivity index (χ0) is 16.6. The average Bonchev–Trinajstić information content (AvgIpc) is 2.90. The SMILES string of the molecule is C=CCOc1ccc2c(c1)oc(=O)c1c(C)c(C(=O)OC)oc12. The Bertz CT molecular complexity index is 976. The van der Waals surface area contributed by atoms with Gasteiger partial charge in [-0.3, -0.25) is 0 Å². The molecular weight excluding hydrogens is 300 g/mol. The van der Waals surface area contributed by atoms with Gasteiger partial charge < -0.3 is 18.3 Å². The predicted octanol–water partition coefficient (Wildman–Crippen LogP) is 3.20. The molecule has 0 amide bonds. The van der Waals surface area contributed by atoms with Gasteiger partial charge in [-0.2, -0.15) is 0 Å². The van der Waals surface area contributed by atoms with Gasteiger partial charge in [0.15, 0.2) is 5.58 Å². The van der Waals surface area contributed by atoms with Crippen LogP contribution in [0.25, 0.3) is 21.9 Å². The molecule has 0 spiro atoms. The van der Waals surface area contributed by atoms with Crippen LogP contribution < -0.4 is 10.4 Å². The van der Waals surface area contributed by atoms with E-state index in [4.69, 9.17) is 13.6 Å². The lowest BCUT2D eigenvalue weighted by atomic mass is 10.1. The Labute approximate surface area is 130 Å². The summed E-state index contributed by atoms with van der Waals surface area (Å²) in [7, 11) is 1.25. The first kappa shape index (κ1) is 14.9. The molecule has 6 nitrogen and oxygen atoms in total. The predicted molar refractivity (Wildman–Crippen MR) is 84.0 cm³/mol. The number of rotatable bonds is 4. The Morgan fingerprint density at radius 2 is 2.13 bits per heavy atom. The summed E-state index contributed by atoms with van der Waals surface area (Å²) in [6.45, 7) is 5.52. The van der Waals surface area contributed by atoms with Crippen molar-refractivity contribution in [1.82, 2.24) is 0 Å². The number of furan rings is 1. The number of esters is 1. The van der Waals surface area contributed by atoms with Crippen LogP contribution >= 0.6 is 0 Å². The first-order chi connectivity index (χ1) is 11.1. The zero-order valence-electron chi connectivity index (χ0n) is 12.7. The Morgan fingerprint density at radius 1 is 1.35 bits per heavy atom. The van der Waals surface area contributed by atoms with E-state index in [1.165, 1.54) is 7.11 Å². The molecule has 1 aromatic carbocycles. The van der Waals surface area contributed by atoms with Crippen LogP contribution in [0.2, 0.25) is 0 Å². The summed E-state index contributed by atoms with van der Waals surface area (Å²) in [5, 5.41) is 0.807. The lowest BCUT2D eigenvalue weighted by molar-refractivity contribution is 0.0566. The Balaban J connectivity index is 2.28. The maximum absolute atomic E-state index is 12.2. The molecule has 0 aliphatic rings. The molecule has 0 saturated carbocycles. The van der Waals surface area contributed by atoms with Gasteiger partial charge in [0.05, 0.1) is 12.5 Å². The van der Waals surface area contributed by atoms with E-state index in [9.17, 15) is 9.59 Å². The molecule has 118 valence electrons. The van der Waals surface area contributed by atoms with Gasteiger partial charge in [-0.15, -0.1) is 0 Å². The average molecular weight is 314 g/mol. The number of carbonyl (C=O) groups is 1. The highest BCUT2D eigenvalue weighted by molar-refractivity contribution is 6.05. The summed E-state index contributed by atoms with van der Waals surface area (Å²) in [4.78, 5) is 24.0. The molecule has 0 aliphatic carbocycles. The van der Waals surface area contributed by atoms with Crippen molar-refractivity contribution in [1.29, 1.82) is 0 Å². The highest BCUT2D eigenvalue weighted by atomic mass is 16.5. The van der Waals surface area contributed by atoms with Gasteiger partial charge in [0.1, 0.15) is 23.3 Å². The van der Waals surface area contributed by atoms with Crippen LogP contribution in [0.3, 0.4) is 0 Å². The molecule has 0 aliphatic heterocycles. The van der Waals surface area contributed by atoms with Crippen LogP contribution in [0.1, 0.15) is 16.1 Å². The summed E-state index contributed by atoms with van der Waals surface area (Å²) < 4.78 is 21.0. The van der Waals surface area contributed by atoms with E-state index >= 15 is 0 Å². The lowest BCUT2D eigenvalue weighted by Gasteiger charge is -2.04. The van der Waals surface area contributed by atoms with E-state index in [0.29, 0.717) is 34.5 Å². The third kappa shape index (κ3) is 2.38. The third-order valence-electron chi connectivity index (χ3n) is 3.49. The Morgan fingerprint density at radius 3 is 2.83 bits per heavy atom. The summed E-state index contributed by atoms with van der Waals surface area (Å²) in [5.74, 6) is -0.108. The second-order valence-electron chi connectivity index (χ2n) is 4.90. The fourth-order valence-corrected chi connectivity index (χ4v) is 2.41. The molecule has 0 fully saturated rings. The molecule has 3 aromatic rings. The molecule has 0 radical (unpaired) electrons. The van der Waals surface area contributed by atoms with Gasteiger partial charge in [-0.1, -0.05) is 12.7 Å². The zero-order valence-corrected chi connectivity index (χ0v) is 12.7. The van der Waals surface area contributed by atoms with Gasteiger partial charge in [0, 0.05) is 11.6 Å². The highest BCUT2D eigenvalue weighted by Crippen LogP contribution is 2.31. The fraction of sp³-hybridized carbons (Fsp3) is 0.176. The maximum atomic E-state index is 12.2. The smallest absolute Gasteiger partial charge is 0.374 e. The molecule has 0 atom stereocenters. The first-order valence-electron chi connectivity index (χ1n) is 6.88. The van der Waals surface area contributed by atoms with Crippen molar-refractivity contribution in [2.45, 2.75) is 6.92 Å². The van der Waals surface area contributed by atoms with Crippen LogP contribution in [0.4, 0.5) is 0 Å². The number of methoxy groups -OCH3 is 1. The number of fused-ring (bicyclic) bond motifs is 3. The third-order valence-corrected chi connectivity index (χ3v) is 3.49. The van der Waals surface area contributed by atoms with E-state index in [1.807, 2.05) is 0 Å². The summed E-state index contributed by atoms with van der Waals surface area (Å²) >= 11 is 0. The van der Waals surface area contributed by atoms with Crippen molar-refractivity contribution in [3.8, 4) is 5.75 Å². The lowest BCUT2D eigenvalue weighted by Crippen LogP contribution is -2.03. The van der Waals surface area contributed by atoms with Crippen molar-refractivity contribution in [2.75, 3.05) is 13.7 Å². The van der Waals surface area contributed by atoms with Crippen LogP contribution in [0.5, 0.6) is 5.75 Å². The molecule has 6 heteroatoms. The molecule has 2 aromatic heterocycles. The number of hydrogen-bond acceptors (Lipinski definition) is 6. The van der Waals surface area contributed by atoms with Gasteiger partial charge in [-0.05, 0) is 19.1 Å². The van der Waals surface area contributed by atoms with Gasteiger partial charge in [0.25, 0.3) is 0 Å². The van der Waals surface area contributed by atoms with Crippen molar-refractivity contribution < 1.29 is 23.1 Å². The molecular formula is C17H14O6. The summed E-state index contributed by atoms with van der Waals surface area (Å²) in [6.07, 6.45) is 1.61. The van der Waals surface area contributed by atoms with Crippen molar-refractivity contribution in [3.63, 3.8) is 0 Å². The van der Waals surface area contributed by atoms with E-state index in [1.54, 1.807) is 31.2 Å². The monoisotopic (exact) mass is 314 g/mol. The maximum Gasteiger partial charge on any atom is 0.374 e. The summed E-state index contributed by atoms with van der Waals surface area (Å²) in [6, 6.07) is 5.03. The first-order valence-corrected chi connectivity index (χ1v) is 6.88. The fourth-order valence-electron chi connectivity index (χ4n) is 2.41. The molecule has 2 heterocycles. The van der Waals surface area contributed by atoms with Crippen molar-refractivity contribution in [2.24, 2.45) is 0 Å². The highest BCUT2D eigenvalue weighted by Gasteiger charge is 2.23. The minimum absolute atomic E-state index is 0.00529. The van der Waals surface area contributed by atoms with Crippen molar-refractivity contribution in [3.05, 3.63) is 52.6 Å². The van der Waals surface area contributed by atoms with E-state index in [-0.39, 0.29) is 11.1 Å². The molecule has 0 saturated heterocycles. The standard InChI is InChI=1S/C17H14O6/c1-4-7-21-10-5-6-11-12(8-10)22-16(18)13-9(2)14(17(19)20-3)23-15(11)13/h4-6,8H,1,7H2,2-3H3.